The summed E-state index contributed by atoms with van der Waals surface area (Å²) in [6.45, 7) is 9.79. The van der Waals surface area contributed by atoms with E-state index in [0.29, 0.717) is 10.6 Å². The molecule has 0 saturated carbocycles. The smallest absolute Gasteiger partial charge is 0.123 e. The van der Waals surface area contributed by atoms with Crippen molar-refractivity contribution in [3.63, 3.8) is 0 Å². The normalized spacial score (nSPS) is 12.9. The summed E-state index contributed by atoms with van der Waals surface area (Å²) in [5, 5.41) is 20.3. The third-order valence-corrected chi connectivity index (χ3v) is 3.23. The highest BCUT2D eigenvalue weighted by atomic mass is 35.5. The van der Waals surface area contributed by atoms with Gasteiger partial charge in [-0.25, -0.2) is 0 Å². The molecule has 0 aromatic heterocycles. The molecule has 0 heterocycles. The fourth-order valence-corrected chi connectivity index (χ4v) is 1.99. The summed E-state index contributed by atoms with van der Waals surface area (Å²) in [4.78, 5) is 0. The zero-order valence-electron chi connectivity index (χ0n) is 11.1. The van der Waals surface area contributed by atoms with Gasteiger partial charge in [0.15, 0.2) is 0 Å². The Morgan fingerprint density at radius 2 is 1.53 bits per heavy atom. The minimum absolute atomic E-state index is 0.0372. The van der Waals surface area contributed by atoms with Crippen LogP contribution < -0.4 is 0 Å². The maximum absolute atomic E-state index is 10.3. The van der Waals surface area contributed by atoms with Gasteiger partial charge in [0, 0.05) is 21.6 Å². The second-order valence-electron chi connectivity index (χ2n) is 6.14. The molecule has 0 radical (unpaired) electrons. The molecular weight excluding hydrogens is 236 g/mol. The minimum Gasteiger partial charge on any atom is -0.507 e. The summed E-state index contributed by atoms with van der Waals surface area (Å²) < 4.78 is 0. The molecule has 17 heavy (non-hydrogen) atoms. The number of hydrogen-bond acceptors (Lipinski definition) is 2. The monoisotopic (exact) mass is 256 g/mol. The maximum atomic E-state index is 10.3. The lowest BCUT2D eigenvalue weighted by molar-refractivity contribution is 0.215. The molecule has 0 saturated heterocycles. The van der Waals surface area contributed by atoms with Gasteiger partial charge in [-0.05, 0) is 17.5 Å². The minimum atomic E-state index is -0.505. The molecule has 0 spiro atoms. The predicted octanol–water partition coefficient (Wildman–Crippen LogP) is 3.61. The van der Waals surface area contributed by atoms with Crippen molar-refractivity contribution in [2.45, 2.75) is 45.4 Å². The molecule has 1 rings (SSSR count). The number of benzene rings is 1. The van der Waals surface area contributed by atoms with E-state index in [1.807, 2.05) is 34.6 Å². The number of phenolic OH excluding ortho intramolecular Hbond substituents is 1. The van der Waals surface area contributed by atoms with Crippen LogP contribution in [0, 0.1) is 0 Å². The Kier molecular flexibility index (Phi) is 3.80. The Morgan fingerprint density at radius 1 is 1.06 bits per heavy atom. The number of halogens is 1. The molecule has 0 amide bonds. The third kappa shape index (κ3) is 2.93. The lowest BCUT2D eigenvalue weighted by atomic mass is 9.79. The molecular formula is C14H21ClO2. The van der Waals surface area contributed by atoms with Crippen LogP contribution in [0.5, 0.6) is 5.75 Å². The van der Waals surface area contributed by atoms with Crippen molar-refractivity contribution in [1.82, 2.24) is 0 Å². The van der Waals surface area contributed by atoms with Crippen molar-refractivity contribution in [3.05, 3.63) is 28.3 Å². The van der Waals surface area contributed by atoms with E-state index in [2.05, 4.69) is 0 Å². The predicted molar refractivity (Wildman–Crippen MR) is 71.9 cm³/mol. The van der Waals surface area contributed by atoms with Gasteiger partial charge in [-0.1, -0.05) is 46.2 Å². The zero-order chi connectivity index (χ0) is 13.4. The van der Waals surface area contributed by atoms with Crippen molar-refractivity contribution < 1.29 is 10.2 Å². The van der Waals surface area contributed by atoms with E-state index in [1.165, 1.54) is 0 Å². The topological polar surface area (TPSA) is 40.5 Å². The Bertz CT molecular complexity index is 417. The fraction of sp³-hybridized carbons (Fsp3) is 0.571. The average molecular weight is 257 g/mol. The fourth-order valence-electron chi connectivity index (χ4n) is 1.77. The van der Waals surface area contributed by atoms with E-state index in [-0.39, 0.29) is 17.8 Å². The maximum Gasteiger partial charge on any atom is 0.123 e. The van der Waals surface area contributed by atoms with Gasteiger partial charge in [0.2, 0.25) is 0 Å². The lowest BCUT2D eigenvalue weighted by Crippen LogP contribution is -2.23. The molecule has 1 aromatic rings. The summed E-state index contributed by atoms with van der Waals surface area (Å²) >= 11 is 6.10. The molecule has 2 nitrogen and oxygen atoms in total. The Labute approximate surface area is 108 Å². The number of aliphatic hydroxyl groups is 1. The van der Waals surface area contributed by atoms with E-state index in [1.54, 1.807) is 12.1 Å². The van der Waals surface area contributed by atoms with E-state index in [9.17, 15) is 10.2 Å². The van der Waals surface area contributed by atoms with Crippen molar-refractivity contribution in [1.29, 1.82) is 0 Å². The quantitative estimate of drug-likeness (QED) is 0.849. The van der Waals surface area contributed by atoms with Crippen LogP contribution in [0.3, 0.4) is 0 Å². The number of hydrogen-bond donors (Lipinski definition) is 2. The van der Waals surface area contributed by atoms with Gasteiger partial charge in [-0.3, -0.25) is 0 Å². The first-order valence-electron chi connectivity index (χ1n) is 5.74. The number of phenols is 1. The van der Waals surface area contributed by atoms with Crippen LogP contribution >= 0.6 is 11.6 Å². The summed E-state index contributed by atoms with van der Waals surface area (Å²) in [7, 11) is 0. The first kappa shape index (κ1) is 14.3. The summed E-state index contributed by atoms with van der Waals surface area (Å²) in [6.07, 6.45) is 0. The van der Waals surface area contributed by atoms with E-state index < -0.39 is 5.41 Å². The van der Waals surface area contributed by atoms with Crippen LogP contribution in [0.4, 0.5) is 0 Å². The van der Waals surface area contributed by atoms with E-state index in [0.717, 1.165) is 5.56 Å². The SMILES string of the molecule is CC(C)(C)c1cc(Cl)cc(C(C)(C)CO)c1O. The van der Waals surface area contributed by atoms with Gasteiger partial charge >= 0.3 is 0 Å². The number of aliphatic hydroxyl groups excluding tert-OH is 1. The lowest BCUT2D eigenvalue weighted by Gasteiger charge is -2.28. The number of aromatic hydroxyl groups is 1. The van der Waals surface area contributed by atoms with E-state index >= 15 is 0 Å². The standard InChI is InChI=1S/C14H21ClO2/c1-13(2,3)10-6-9(15)7-11(12(10)17)14(4,5)8-16/h6-7,16-17H,8H2,1-5H3. The van der Waals surface area contributed by atoms with Gasteiger partial charge in [-0.2, -0.15) is 0 Å². The molecule has 0 aliphatic carbocycles. The largest absolute Gasteiger partial charge is 0.507 e. The first-order chi connectivity index (χ1) is 7.59. The van der Waals surface area contributed by atoms with E-state index in [4.69, 9.17) is 11.6 Å². The van der Waals surface area contributed by atoms with Crippen LogP contribution in [0.2, 0.25) is 5.02 Å². The Hall–Kier alpha value is -0.730. The summed E-state index contributed by atoms with van der Waals surface area (Å²) in [5.41, 5.74) is 0.809. The van der Waals surface area contributed by atoms with Gasteiger partial charge in [0.05, 0.1) is 6.61 Å². The van der Waals surface area contributed by atoms with Gasteiger partial charge in [-0.15, -0.1) is 0 Å². The second-order valence-corrected chi connectivity index (χ2v) is 6.58. The summed E-state index contributed by atoms with van der Waals surface area (Å²) in [5.74, 6) is 0.237. The molecule has 3 heteroatoms. The molecule has 0 unspecified atom stereocenters. The average Bonchev–Trinajstić information content (AvgIpc) is 2.19. The van der Waals surface area contributed by atoms with Crippen molar-refractivity contribution in [2.75, 3.05) is 6.61 Å². The third-order valence-electron chi connectivity index (χ3n) is 3.01. The Balaban J connectivity index is 3.50. The molecule has 2 N–H and O–H groups in total. The van der Waals surface area contributed by atoms with Crippen LogP contribution in [0.1, 0.15) is 45.7 Å². The molecule has 0 aliphatic heterocycles. The van der Waals surface area contributed by atoms with Crippen LogP contribution in [-0.4, -0.2) is 16.8 Å². The Morgan fingerprint density at radius 3 is 1.94 bits per heavy atom. The van der Waals surface area contributed by atoms with Gasteiger partial charge < -0.3 is 10.2 Å². The van der Waals surface area contributed by atoms with Gasteiger partial charge in [0.25, 0.3) is 0 Å². The van der Waals surface area contributed by atoms with Crippen molar-refractivity contribution in [3.8, 4) is 5.75 Å². The molecule has 0 bridgehead atoms. The molecule has 96 valence electrons. The second kappa shape index (κ2) is 4.51. The first-order valence-corrected chi connectivity index (χ1v) is 6.12. The highest BCUT2D eigenvalue weighted by molar-refractivity contribution is 6.30. The van der Waals surface area contributed by atoms with Crippen LogP contribution in [0.15, 0.2) is 12.1 Å². The highest BCUT2D eigenvalue weighted by Gasteiger charge is 2.28. The molecule has 1 aromatic carbocycles. The van der Waals surface area contributed by atoms with Crippen molar-refractivity contribution in [2.24, 2.45) is 0 Å². The molecule has 0 fully saturated rings. The number of rotatable bonds is 2. The molecule has 0 atom stereocenters. The summed E-state index contributed by atoms with van der Waals surface area (Å²) in [6, 6.07) is 3.51. The van der Waals surface area contributed by atoms with Crippen LogP contribution in [-0.2, 0) is 10.8 Å². The highest BCUT2D eigenvalue weighted by Crippen LogP contribution is 2.40. The van der Waals surface area contributed by atoms with Crippen LogP contribution in [0.25, 0.3) is 0 Å². The molecule has 0 aliphatic rings. The van der Waals surface area contributed by atoms with Gasteiger partial charge in [0.1, 0.15) is 5.75 Å². The zero-order valence-corrected chi connectivity index (χ0v) is 11.9. The van der Waals surface area contributed by atoms with Crippen molar-refractivity contribution >= 4 is 11.6 Å².